The van der Waals surface area contributed by atoms with Gasteiger partial charge in [-0.25, -0.2) is 4.39 Å². The van der Waals surface area contributed by atoms with Gasteiger partial charge < -0.3 is 5.32 Å². The maximum Gasteiger partial charge on any atom is 0.127 e. The van der Waals surface area contributed by atoms with Gasteiger partial charge in [-0.3, -0.25) is 4.90 Å². The van der Waals surface area contributed by atoms with Crippen molar-refractivity contribution in [3.8, 4) is 12.3 Å². The molecule has 0 fully saturated rings. The molecule has 1 aromatic rings. The Bertz CT molecular complexity index is 463. The Morgan fingerprint density at radius 1 is 1.38 bits per heavy atom. The van der Waals surface area contributed by atoms with E-state index in [1.165, 1.54) is 0 Å². The Balaban J connectivity index is 2.70. The van der Waals surface area contributed by atoms with Gasteiger partial charge in [0.2, 0.25) is 0 Å². The van der Waals surface area contributed by atoms with Crippen LogP contribution in [0.15, 0.2) is 18.2 Å². The lowest BCUT2D eigenvalue weighted by Gasteiger charge is -2.19. The second kappa shape index (κ2) is 9.55. The Morgan fingerprint density at radius 2 is 2.14 bits per heavy atom. The average Bonchev–Trinajstić information content (AvgIpc) is 2.42. The first-order chi connectivity index (χ1) is 10.1. The molecule has 0 aliphatic rings. The van der Waals surface area contributed by atoms with Gasteiger partial charge in [0.1, 0.15) is 5.82 Å². The van der Waals surface area contributed by atoms with Gasteiger partial charge in [-0.2, -0.15) is 0 Å². The lowest BCUT2D eigenvalue weighted by Crippen LogP contribution is -2.25. The summed E-state index contributed by atoms with van der Waals surface area (Å²) in [6.45, 7) is 10.2. The second-order valence-corrected chi connectivity index (χ2v) is 5.87. The van der Waals surface area contributed by atoms with Crippen LogP contribution in [0.5, 0.6) is 0 Å². The van der Waals surface area contributed by atoms with E-state index in [-0.39, 0.29) is 5.82 Å². The van der Waals surface area contributed by atoms with Crippen LogP contribution in [0, 0.1) is 24.1 Å². The quantitative estimate of drug-likeness (QED) is 0.701. The highest BCUT2D eigenvalue weighted by Crippen LogP contribution is 2.13. The number of rotatable bonds is 9. The van der Waals surface area contributed by atoms with Crippen molar-refractivity contribution in [1.82, 2.24) is 10.2 Å². The molecule has 0 heterocycles. The van der Waals surface area contributed by atoms with Crippen molar-refractivity contribution >= 4 is 0 Å². The molecule has 2 nitrogen and oxygen atoms in total. The van der Waals surface area contributed by atoms with E-state index < -0.39 is 0 Å². The first-order valence-electron chi connectivity index (χ1n) is 7.70. The van der Waals surface area contributed by atoms with Gasteiger partial charge >= 0.3 is 0 Å². The van der Waals surface area contributed by atoms with Gasteiger partial charge in [0.05, 0.1) is 6.54 Å². The van der Waals surface area contributed by atoms with Crippen LogP contribution in [0.2, 0.25) is 0 Å². The number of nitrogens with zero attached hydrogens (tertiary/aromatic N) is 1. The largest absolute Gasteiger partial charge is 0.312 e. The zero-order valence-electron chi connectivity index (χ0n) is 13.5. The summed E-state index contributed by atoms with van der Waals surface area (Å²) in [6.07, 6.45) is 6.39. The molecule has 0 atom stereocenters. The molecule has 0 unspecified atom stereocenters. The lowest BCUT2D eigenvalue weighted by molar-refractivity contribution is 0.295. The van der Waals surface area contributed by atoms with Gasteiger partial charge in [0.15, 0.2) is 0 Å². The van der Waals surface area contributed by atoms with Crippen LogP contribution >= 0.6 is 0 Å². The van der Waals surface area contributed by atoms with E-state index in [1.54, 1.807) is 6.07 Å². The van der Waals surface area contributed by atoms with Crippen molar-refractivity contribution in [2.24, 2.45) is 5.92 Å². The molecule has 1 N–H and O–H groups in total. The van der Waals surface area contributed by atoms with Crippen molar-refractivity contribution in [3.05, 3.63) is 35.1 Å². The highest BCUT2D eigenvalue weighted by Gasteiger charge is 2.09. The minimum Gasteiger partial charge on any atom is -0.312 e. The summed E-state index contributed by atoms with van der Waals surface area (Å²) in [5, 5.41) is 3.38. The fraction of sp³-hybridized carbons (Fsp3) is 0.556. The van der Waals surface area contributed by atoms with E-state index >= 15 is 0 Å². The third-order valence-corrected chi connectivity index (χ3v) is 3.24. The Kier molecular flexibility index (Phi) is 8.04. The molecule has 1 aromatic carbocycles. The van der Waals surface area contributed by atoms with Crippen LogP contribution in [0.25, 0.3) is 0 Å². The number of terminal acetylenes is 1. The molecule has 0 saturated heterocycles. The monoisotopic (exact) mass is 290 g/mol. The fourth-order valence-electron chi connectivity index (χ4n) is 2.26. The normalized spacial score (nSPS) is 11.1. The van der Waals surface area contributed by atoms with Crippen LogP contribution in [0.4, 0.5) is 4.39 Å². The number of hydrogen-bond donors (Lipinski definition) is 1. The minimum absolute atomic E-state index is 0.152. The zero-order valence-corrected chi connectivity index (χ0v) is 13.5. The van der Waals surface area contributed by atoms with Gasteiger partial charge in [0.25, 0.3) is 0 Å². The van der Waals surface area contributed by atoms with Crippen molar-refractivity contribution in [2.75, 3.05) is 19.6 Å². The molecule has 0 spiro atoms. The van der Waals surface area contributed by atoms with Gasteiger partial charge in [0, 0.05) is 18.7 Å². The van der Waals surface area contributed by atoms with E-state index in [9.17, 15) is 4.39 Å². The average molecular weight is 290 g/mol. The van der Waals surface area contributed by atoms with Crippen molar-refractivity contribution in [3.63, 3.8) is 0 Å². The molecule has 0 aliphatic heterocycles. The van der Waals surface area contributed by atoms with Crippen LogP contribution in [-0.2, 0) is 13.1 Å². The zero-order chi connectivity index (χ0) is 15.7. The third-order valence-electron chi connectivity index (χ3n) is 3.24. The summed E-state index contributed by atoms with van der Waals surface area (Å²) in [5.41, 5.74) is 1.84. The Hall–Kier alpha value is -1.37. The minimum atomic E-state index is -0.152. The lowest BCUT2D eigenvalue weighted by atomic mass is 10.1. The standard InChI is InChI=1S/C18H27FN2/c1-5-9-21(10-6-2)14-17-11-16(7-8-18(17)19)13-20-12-15(3)4/h1,7-8,11,15,20H,6,9-10,12-14H2,2-4H3. The molecule has 0 radical (unpaired) electrons. The molecule has 21 heavy (non-hydrogen) atoms. The SMILES string of the molecule is C#CCN(CCC)Cc1cc(CNCC(C)C)ccc1F. The second-order valence-electron chi connectivity index (χ2n) is 5.87. The van der Waals surface area contributed by atoms with Crippen LogP contribution in [0.3, 0.4) is 0 Å². The first kappa shape index (κ1) is 17.7. The molecular weight excluding hydrogens is 263 g/mol. The summed E-state index contributed by atoms with van der Waals surface area (Å²) >= 11 is 0. The van der Waals surface area contributed by atoms with E-state index in [4.69, 9.17) is 6.42 Å². The molecule has 116 valence electrons. The molecule has 0 amide bonds. The number of hydrogen-bond acceptors (Lipinski definition) is 2. The van der Waals surface area contributed by atoms with Gasteiger partial charge in [-0.1, -0.05) is 38.8 Å². The fourth-order valence-corrected chi connectivity index (χ4v) is 2.26. The molecule has 0 bridgehead atoms. The molecule has 0 aliphatic carbocycles. The summed E-state index contributed by atoms with van der Waals surface area (Å²) in [4.78, 5) is 2.10. The van der Waals surface area contributed by atoms with Crippen LogP contribution < -0.4 is 5.32 Å². The Labute approximate surface area is 128 Å². The predicted octanol–water partition coefficient (Wildman–Crippen LogP) is 3.42. The third kappa shape index (κ3) is 6.75. The smallest absolute Gasteiger partial charge is 0.127 e. The summed E-state index contributed by atoms with van der Waals surface area (Å²) in [5.74, 6) is 3.10. The molecule has 0 aromatic heterocycles. The highest BCUT2D eigenvalue weighted by molar-refractivity contribution is 5.25. The van der Waals surface area contributed by atoms with Gasteiger partial charge in [-0.05, 0) is 37.1 Å². The molecule has 0 saturated carbocycles. The molecular formula is C18H27FN2. The summed E-state index contributed by atoms with van der Waals surface area (Å²) in [6, 6.07) is 5.35. The van der Waals surface area contributed by atoms with E-state index in [0.717, 1.165) is 37.2 Å². The maximum atomic E-state index is 14.0. The van der Waals surface area contributed by atoms with Crippen molar-refractivity contribution < 1.29 is 4.39 Å². The maximum absolute atomic E-state index is 14.0. The summed E-state index contributed by atoms with van der Waals surface area (Å²) in [7, 11) is 0. The van der Waals surface area contributed by atoms with E-state index in [1.807, 2.05) is 12.1 Å². The van der Waals surface area contributed by atoms with E-state index in [2.05, 4.69) is 36.9 Å². The van der Waals surface area contributed by atoms with Crippen molar-refractivity contribution in [1.29, 1.82) is 0 Å². The van der Waals surface area contributed by atoms with E-state index in [0.29, 0.717) is 19.0 Å². The predicted molar refractivity (Wildman–Crippen MR) is 87.3 cm³/mol. The van der Waals surface area contributed by atoms with Gasteiger partial charge in [-0.15, -0.1) is 6.42 Å². The number of nitrogens with one attached hydrogen (secondary N) is 1. The number of benzene rings is 1. The molecule has 1 rings (SSSR count). The molecule has 3 heteroatoms. The number of halogens is 1. The van der Waals surface area contributed by atoms with Crippen molar-refractivity contribution in [2.45, 2.75) is 40.3 Å². The summed E-state index contributed by atoms with van der Waals surface area (Å²) < 4.78 is 14.0. The Morgan fingerprint density at radius 3 is 2.76 bits per heavy atom. The topological polar surface area (TPSA) is 15.3 Å². The first-order valence-corrected chi connectivity index (χ1v) is 7.70. The van der Waals surface area contributed by atoms with Crippen LogP contribution in [-0.4, -0.2) is 24.5 Å². The van der Waals surface area contributed by atoms with Crippen LogP contribution in [0.1, 0.15) is 38.3 Å². The highest BCUT2D eigenvalue weighted by atomic mass is 19.1.